The zero-order valence-electron chi connectivity index (χ0n) is 14.6. The van der Waals surface area contributed by atoms with E-state index in [1.54, 1.807) is 18.7 Å². The van der Waals surface area contributed by atoms with Crippen LogP contribution >= 0.6 is 23.4 Å². The molecule has 0 N–H and O–H groups in total. The van der Waals surface area contributed by atoms with E-state index in [9.17, 15) is 9.59 Å². The van der Waals surface area contributed by atoms with E-state index in [0.717, 1.165) is 5.56 Å². The van der Waals surface area contributed by atoms with Crippen molar-refractivity contribution in [3.05, 3.63) is 70.7 Å². The van der Waals surface area contributed by atoms with Crippen molar-refractivity contribution in [3.63, 3.8) is 0 Å². The number of carbonyl (C=O) groups excluding carboxylic acids is 2. The Labute approximate surface area is 163 Å². The highest BCUT2D eigenvalue weighted by atomic mass is 35.5. The van der Waals surface area contributed by atoms with Crippen molar-refractivity contribution in [3.8, 4) is 0 Å². The fraction of sp³-hybridized carbons (Fsp3) is 0.333. The first-order valence-corrected chi connectivity index (χ1v) is 10.1. The van der Waals surface area contributed by atoms with E-state index in [4.69, 9.17) is 16.3 Å². The first-order chi connectivity index (χ1) is 12.6. The van der Waals surface area contributed by atoms with Crippen LogP contribution in [-0.2, 0) is 9.53 Å². The quantitative estimate of drug-likeness (QED) is 0.495. The summed E-state index contributed by atoms with van der Waals surface area (Å²) in [4.78, 5) is 25.1. The van der Waals surface area contributed by atoms with Gasteiger partial charge in [0.25, 0.3) is 0 Å². The molecule has 1 fully saturated rings. The van der Waals surface area contributed by atoms with Crippen molar-refractivity contribution >= 4 is 35.1 Å². The Hall–Kier alpha value is -1.78. The molecule has 5 heteroatoms. The van der Waals surface area contributed by atoms with Gasteiger partial charge in [0.15, 0.2) is 5.78 Å². The number of ether oxygens (including phenoxy) is 1. The molecule has 0 amide bonds. The van der Waals surface area contributed by atoms with Crippen LogP contribution in [0.5, 0.6) is 0 Å². The molecule has 2 aromatic rings. The summed E-state index contributed by atoms with van der Waals surface area (Å²) in [5.74, 6) is -0.344. The summed E-state index contributed by atoms with van der Waals surface area (Å²) in [5.41, 5.74) is 1.83. The van der Waals surface area contributed by atoms with Crippen molar-refractivity contribution in [1.82, 2.24) is 0 Å². The third kappa shape index (κ3) is 4.49. The lowest BCUT2D eigenvalue weighted by Gasteiger charge is -2.16. The van der Waals surface area contributed by atoms with Gasteiger partial charge in [0, 0.05) is 27.0 Å². The third-order valence-electron chi connectivity index (χ3n) is 4.57. The van der Waals surface area contributed by atoms with E-state index in [2.05, 4.69) is 0 Å². The summed E-state index contributed by atoms with van der Waals surface area (Å²) in [5, 5.41) is 0.781. The van der Waals surface area contributed by atoms with Crippen LogP contribution in [0.3, 0.4) is 0 Å². The molecule has 1 aliphatic heterocycles. The second kappa shape index (κ2) is 8.74. The maximum atomic E-state index is 13.0. The summed E-state index contributed by atoms with van der Waals surface area (Å²) in [7, 11) is 0. The lowest BCUT2D eigenvalue weighted by molar-refractivity contribution is -0.143. The van der Waals surface area contributed by atoms with Gasteiger partial charge < -0.3 is 4.74 Å². The van der Waals surface area contributed by atoms with E-state index in [1.807, 2.05) is 54.6 Å². The van der Waals surface area contributed by atoms with E-state index in [0.29, 0.717) is 23.6 Å². The fourth-order valence-corrected chi connectivity index (χ4v) is 5.14. The predicted octanol–water partition coefficient (Wildman–Crippen LogP) is 5.34. The van der Waals surface area contributed by atoms with Crippen molar-refractivity contribution in [2.45, 2.75) is 30.3 Å². The molecular formula is C21H21ClO3S. The molecule has 2 aromatic carbocycles. The number of thioether (sulfide) groups is 1. The molecule has 26 heavy (non-hydrogen) atoms. The molecule has 1 saturated heterocycles. The smallest absolute Gasteiger partial charge is 0.306 e. The molecule has 0 radical (unpaired) electrons. The molecule has 3 atom stereocenters. The van der Waals surface area contributed by atoms with Crippen LogP contribution in [0.15, 0.2) is 54.6 Å². The van der Waals surface area contributed by atoms with E-state index < -0.39 is 0 Å². The highest BCUT2D eigenvalue weighted by Gasteiger charge is 2.41. The summed E-state index contributed by atoms with van der Waals surface area (Å²) in [6, 6.07) is 17.0. The average Bonchev–Trinajstić information content (AvgIpc) is 3.06. The number of esters is 1. The minimum Gasteiger partial charge on any atom is -0.466 e. The first kappa shape index (κ1) is 19.0. The Kier molecular flexibility index (Phi) is 6.38. The lowest BCUT2D eigenvalue weighted by atomic mass is 9.88. The molecule has 3 rings (SSSR count). The Morgan fingerprint density at radius 1 is 1.12 bits per heavy atom. The van der Waals surface area contributed by atoms with Crippen LogP contribution in [0.2, 0.25) is 5.02 Å². The van der Waals surface area contributed by atoms with Crippen molar-refractivity contribution in [1.29, 1.82) is 0 Å². The predicted molar refractivity (Wildman–Crippen MR) is 106 cm³/mol. The molecule has 0 aliphatic carbocycles. The van der Waals surface area contributed by atoms with Gasteiger partial charge in [0.05, 0.1) is 13.0 Å². The van der Waals surface area contributed by atoms with E-state index >= 15 is 0 Å². The van der Waals surface area contributed by atoms with Gasteiger partial charge in [-0.1, -0.05) is 54.1 Å². The van der Waals surface area contributed by atoms with Gasteiger partial charge in [-0.15, -0.1) is 11.8 Å². The summed E-state index contributed by atoms with van der Waals surface area (Å²) in [6.45, 7) is 2.15. The Balaban J connectivity index is 1.82. The number of Topliss-reactive ketones (excluding diaryl/α,β-unsaturated/α-hetero) is 1. The summed E-state index contributed by atoms with van der Waals surface area (Å²) >= 11 is 7.68. The van der Waals surface area contributed by atoms with Crippen LogP contribution < -0.4 is 0 Å². The Morgan fingerprint density at radius 3 is 2.46 bits per heavy atom. The van der Waals surface area contributed by atoms with Gasteiger partial charge in [-0.3, -0.25) is 9.59 Å². The number of hydrogen-bond donors (Lipinski definition) is 0. The van der Waals surface area contributed by atoms with Crippen LogP contribution in [-0.4, -0.2) is 23.6 Å². The Morgan fingerprint density at radius 2 is 1.81 bits per heavy atom. The number of halogens is 1. The molecular weight excluding hydrogens is 368 g/mol. The highest BCUT2D eigenvalue weighted by molar-refractivity contribution is 8.00. The molecule has 0 bridgehead atoms. The lowest BCUT2D eigenvalue weighted by Crippen LogP contribution is -2.25. The molecule has 1 aliphatic rings. The summed E-state index contributed by atoms with van der Waals surface area (Å²) in [6.07, 6.45) is 0.968. The van der Waals surface area contributed by atoms with Gasteiger partial charge in [-0.05, 0) is 31.0 Å². The minimum atomic E-state index is -0.243. The number of ketones is 1. The second-order valence-corrected chi connectivity index (χ2v) is 8.18. The number of carbonyl (C=O) groups is 2. The van der Waals surface area contributed by atoms with Gasteiger partial charge in [-0.2, -0.15) is 0 Å². The SMILES string of the molecule is CCOC(=O)C[C@@H]1S[C@H](c2ccc(Cl)cc2)C[C@H]1C(=O)c1ccccc1. The van der Waals surface area contributed by atoms with Gasteiger partial charge in [0.1, 0.15) is 0 Å². The number of hydrogen-bond acceptors (Lipinski definition) is 4. The van der Waals surface area contributed by atoms with E-state index in [-0.39, 0.29) is 34.6 Å². The van der Waals surface area contributed by atoms with Crippen LogP contribution in [0.1, 0.15) is 40.9 Å². The van der Waals surface area contributed by atoms with Crippen LogP contribution in [0.4, 0.5) is 0 Å². The minimum absolute atomic E-state index is 0.0811. The molecule has 1 heterocycles. The van der Waals surface area contributed by atoms with Crippen molar-refractivity contribution < 1.29 is 14.3 Å². The normalized spacial score (nSPS) is 22.2. The maximum Gasteiger partial charge on any atom is 0.306 e. The molecule has 0 spiro atoms. The van der Waals surface area contributed by atoms with Crippen molar-refractivity contribution in [2.24, 2.45) is 5.92 Å². The average molecular weight is 389 g/mol. The third-order valence-corrected chi connectivity index (χ3v) is 6.46. The second-order valence-electron chi connectivity index (χ2n) is 6.30. The van der Waals surface area contributed by atoms with Gasteiger partial charge in [-0.25, -0.2) is 0 Å². The van der Waals surface area contributed by atoms with Crippen molar-refractivity contribution in [2.75, 3.05) is 6.61 Å². The Bertz CT molecular complexity index is 761. The molecule has 0 aromatic heterocycles. The highest BCUT2D eigenvalue weighted by Crippen LogP contribution is 2.50. The topological polar surface area (TPSA) is 43.4 Å². The maximum absolute atomic E-state index is 13.0. The van der Waals surface area contributed by atoms with Crippen LogP contribution in [0, 0.1) is 5.92 Å². The zero-order chi connectivity index (χ0) is 18.5. The van der Waals surface area contributed by atoms with Crippen LogP contribution in [0.25, 0.3) is 0 Å². The molecule has 0 unspecified atom stereocenters. The molecule has 3 nitrogen and oxygen atoms in total. The standard InChI is InChI=1S/C21H21ClO3S/c1-2-25-20(23)13-19-17(21(24)15-6-4-3-5-7-15)12-18(26-19)14-8-10-16(22)11-9-14/h3-11,17-19H,2,12-13H2,1H3/t17-,18+,19+/m1/s1. The van der Waals surface area contributed by atoms with Gasteiger partial charge >= 0.3 is 5.97 Å². The monoisotopic (exact) mass is 388 g/mol. The number of benzene rings is 2. The van der Waals surface area contributed by atoms with E-state index in [1.165, 1.54) is 0 Å². The molecule has 136 valence electrons. The number of rotatable bonds is 6. The largest absolute Gasteiger partial charge is 0.466 e. The zero-order valence-corrected chi connectivity index (χ0v) is 16.1. The first-order valence-electron chi connectivity index (χ1n) is 8.74. The van der Waals surface area contributed by atoms with Gasteiger partial charge in [0.2, 0.25) is 0 Å². The fourth-order valence-electron chi connectivity index (χ4n) is 3.30. The summed E-state index contributed by atoms with van der Waals surface area (Å²) < 4.78 is 5.11. The molecule has 0 saturated carbocycles.